The summed E-state index contributed by atoms with van der Waals surface area (Å²) in [4.78, 5) is 35.6. The highest BCUT2D eigenvalue weighted by Crippen LogP contribution is 2.23. The second kappa shape index (κ2) is 9.81. The van der Waals surface area contributed by atoms with Crippen LogP contribution in [0.15, 0.2) is 52.4 Å². The second-order valence-electron chi connectivity index (χ2n) is 8.06. The van der Waals surface area contributed by atoms with Crippen molar-refractivity contribution in [3.63, 3.8) is 0 Å². The van der Waals surface area contributed by atoms with Crippen LogP contribution in [0, 0.1) is 18.3 Å². The van der Waals surface area contributed by atoms with Gasteiger partial charge in [0.25, 0.3) is 11.5 Å². The number of hydrogen-bond donors (Lipinski definition) is 0. The van der Waals surface area contributed by atoms with Crippen molar-refractivity contribution in [1.82, 2.24) is 14.0 Å². The highest BCUT2D eigenvalue weighted by atomic mass is 16.5. The third-order valence-corrected chi connectivity index (χ3v) is 5.77. The minimum atomic E-state index is -0.572. The van der Waals surface area contributed by atoms with Gasteiger partial charge in [0.05, 0.1) is 25.2 Å². The highest BCUT2D eigenvalue weighted by Gasteiger charge is 2.17. The van der Waals surface area contributed by atoms with Crippen LogP contribution in [0.2, 0.25) is 0 Å². The van der Waals surface area contributed by atoms with Crippen LogP contribution in [-0.4, -0.2) is 34.1 Å². The topological polar surface area (TPSA) is 111 Å². The van der Waals surface area contributed by atoms with Crippen molar-refractivity contribution in [3.05, 3.63) is 75.1 Å². The van der Waals surface area contributed by atoms with E-state index in [1.54, 1.807) is 35.0 Å². The van der Waals surface area contributed by atoms with Crippen LogP contribution in [0.25, 0.3) is 16.7 Å². The van der Waals surface area contributed by atoms with Crippen molar-refractivity contribution < 1.29 is 14.3 Å². The molecule has 0 radical (unpaired) electrons. The van der Waals surface area contributed by atoms with Crippen molar-refractivity contribution in [2.24, 2.45) is 4.99 Å². The molecule has 0 spiro atoms. The Balaban J connectivity index is 2.07. The van der Waals surface area contributed by atoms with Gasteiger partial charge in [0.1, 0.15) is 28.9 Å². The molecular formula is C26H25N5O4. The van der Waals surface area contributed by atoms with Crippen LogP contribution in [0.4, 0.5) is 0 Å². The number of methoxy groups -OCH3 is 2. The Bertz CT molecular complexity index is 1600. The molecule has 0 atom stereocenters. The van der Waals surface area contributed by atoms with Crippen molar-refractivity contribution in [2.45, 2.75) is 33.2 Å². The van der Waals surface area contributed by atoms with Gasteiger partial charge >= 0.3 is 0 Å². The van der Waals surface area contributed by atoms with Gasteiger partial charge in [-0.2, -0.15) is 10.3 Å². The van der Waals surface area contributed by atoms with Gasteiger partial charge in [-0.25, -0.2) is 4.98 Å². The van der Waals surface area contributed by atoms with E-state index in [9.17, 15) is 14.9 Å². The summed E-state index contributed by atoms with van der Waals surface area (Å²) in [7, 11) is 2.99. The third-order valence-electron chi connectivity index (χ3n) is 5.77. The SMILES string of the molecule is CCCCn1c(=NC(=O)c2cc(OC)cc(OC)c2)c(C#N)cc2c(=O)n3cccc(C)c3nc21. The zero-order valence-electron chi connectivity index (χ0n) is 20.0. The van der Waals surface area contributed by atoms with Crippen molar-refractivity contribution in [3.8, 4) is 17.6 Å². The molecule has 0 saturated heterocycles. The summed E-state index contributed by atoms with van der Waals surface area (Å²) < 4.78 is 13.7. The van der Waals surface area contributed by atoms with Gasteiger partial charge in [-0.05, 0) is 43.2 Å². The summed E-state index contributed by atoms with van der Waals surface area (Å²) in [5.74, 6) is 0.312. The molecule has 0 aliphatic rings. The number of fused-ring (bicyclic) bond motifs is 2. The quantitative estimate of drug-likeness (QED) is 0.399. The minimum Gasteiger partial charge on any atom is -0.497 e. The maximum Gasteiger partial charge on any atom is 0.279 e. The average Bonchev–Trinajstić information content (AvgIpc) is 2.88. The van der Waals surface area contributed by atoms with Crippen molar-refractivity contribution in [1.29, 1.82) is 5.26 Å². The molecule has 3 heterocycles. The highest BCUT2D eigenvalue weighted by molar-refractivity contribution is 5.96. The Labute approximate surface area is 201 Å². The molecule has 0 aliphatic carbocycles. The van der Waals surface area contributed by atoms with E-state index in [0.29, 0.717) is 29.3 Å². The standard InChI is InChI=1S/C26H25N5O4/c1-5-6-9-30-23(29-25(32)17-11-19(34-3)14-20(12-17)35-4)18(15-27)13-21-24(30)28-22-16(2)8-7-10-31(22)26(21)33/h7-8,10-14H,5-6,9H2,1-4H3. The average molecular weight is 472 g/mol. The zero-order valence-corrected chi connectivity index (χ0v) is 20.0. The molecule has 0 N–H and O–H groups in total. The lowest BCUT2D eigenvalue weighted by Crippen LogP contribution is -2.29. The van der Waals surface area contributed by atoms with Crippen molar-refractivity contribution in [2.75, 3.05) is 14.2 Å². The first-order chi connectivity index (χ1) is 16.9. The van der Waals surface area contributed by atoms with Crippen LogP contribution < -0.4 is 20.5 Å². The van der Waals surface area contributed by atoms with Gasteiger partial charge in [0, 0.05) is 24.4 Å². The number of unbranched alkanes of at least 4 members (excludes halogenated alkanes) is 1. The predicted octanol–water partition coefficient (Wildman–Crippen LogP) is 3.39. The van der Waals surface area contributed by atoms with E-state index < -0.39 is 5.91 Å². The Kier molecular flexibility index (Phi) is 6.64. The summed E-state index contributed by atoms with van der Waals surface area (Å²) in [5, 5.41) is 10.2. The molecule has 0 bridgehead atoms. The Morgan fingerprint density at radius 1 is 1.14 bits per heavy atom. The van der Waals surface area contributed by atoms with Crippen LogP contribution in [0.1, 0.15) is 41.3 Å². The van der Waals surface area contributed by atoms with E-state index in [1.807, 2.05) is 19.9 Å². The van der Waals surface area contributed by atoms with Crippen LogP contribution in [0.5, 0.6) is 11.5 Å². The number of carbonyl (C=O) groups is 1. The number of carbonyl (C=O) groups excluding carboxylic acids is 1. The normalized spacial score (nSPS) is 11.6. The Hall–Kier alpha value is -4.45. The first-order valence-electron chi connectivity index (χ1n) is 11.2. The van der Waals surface area contributed by atoms with E-state index in [2.05, 4.69) is 11.1 Å². The molecule has 0 aliphatic heterocycles. The number of aryl methyl sites for hydroxylation is 2. The Morgan fingerprint density at radius 2 is 1.86 bits per heavy atom. The predicted molar refractivity (Wildman–Crippen MR) is 131 cm³/mol. The molecule has 0 fully saturated rings. The number of nitriles is 1. The molecule has 4 aromatic rings. The van der Waals surface area contributed by atoms with Crippen LogP contribution >= 0.6 is 0 Å². The molecule has 35 heavy (non-hydrogen) atoms. The fraction of sp³-hybridized carbons (Fsp3) is 0.269. The molecule has 0 saturated carbocycles. The van der Waals surface area contributed by atoms with E-state index in [4.69, 9.17) is 14.5 Å². The molecule has 178 valence electrons. The smallest absolute Gasteiger partial charge is 0.279 e. The van der Waals surface area contributed by atoms with Gasteiger partial charge < -0.3 is 14.0 Å². The molecule has 0 unspecified atom stereocenters. The first-order valence-corrected chi connectivity index (χ1v) is 11.2. The first kappa shape index (κ1) is 23.7. The van der Waals surface area contributed by atoms with E-state index in [1.165, 1.54) is 24.7 Å². The van der Waals surface area contributed by atoms with Gasteiger partial charge in [0.2, 0.25) is 0 Å². The molecule has 9 nitrogen and oxygen atoms in total. The second-order valence-corrected chi connectivity index (χ2v) is 8.06. The number of nitrogens with zero attached hydrogens (tertiary/aromatic N) is 5. The lowest BCUT2D eigenvalue weighted by molar-refractivity contribution is 0.0996. The van der Waals surface area contributed by atoms with Gasteiger partial charge in [-0.15, -0.1) is 0 Å². The number of benzene rings is 1. The lowest BCUT2D eigenvalue weighted by Gasteiger charge is -2.14. The molecule has 1 aromatic carbocycles. The van der Waals surface area contributed by atoms with Crippen LogP contribution in [-0.2, 0) is 6.54 Å². The molecular weight excluding hydrogens is 446 g/mol. The zero-order chi connectivity index (χ0) is 25.1. The third kappa shape index (κ3) is 4.38. The van der Waals surface area contributed by atoms with E-state index in [-0.39, 0.29) is 27.6 Å². The number of rotatable bonds is 6. The molecule has 9 heteroatoms. The van der Waals surface area contributed by atoms with Gasteiger partial charge in [-0.3, -0.25) is 14.0 Å². The Morgan fingerprint density at radius 3 is 2.49 bits per heavy atom. The number of aromatic nitrogens is 3. The number of hydrogen-bond acceptors (Lipinski definition) is 6. The summed E-state index contributed by atoms with van der Waals surface area (Å²) in [6, 6.07) is 12.0. The van der Waals surface area contributed by atoms with Gasteiger partial charge in [-0.1, -0.05) is 19.4 Å². The summed E-state index contributed by atoms with van der Waals surface area (Å²) >= 11 is 0. The van der Waals surface area contributed by atoms with Crippen molar-refractivity contribution >= 4 is 22.6 Å². The van der Waals surface area contributed by atoms with E-state index >= 15 is 0 Å². The maximum absolute atomic E-state index is 13.3. The fourth-order valence-electron chi connectivity index (χ4n) is 3.91. The molecule has 3 aromatic heterocycles. The monoisotopic (exact) mass is 471 g/mol. The summed E-state index contributed by atoms with van der Waals surface area (Å²) in [5.41, 5.74) is 1.95. The summed E-state index contributed by atoms with van der Waals surface area (Å²) in [6.45, 7) is 4.34. The minimum absolute atomic E-state index is 0.114. The molecule has 1 amide bonds. The summed E-state index contributed by atoms with van der Waals surface area (Å²) in [6.07, 6.45) is 3.25. The number of amides is 1. The number of ether oxygens (including phenoxy) is 2. The molecule has 4 rings (SSSR count). The van der Waals surface area contributed by atoms with Gasteiger partial charge in [0.15, 0.2) is 5.49 Å². The largest absolute Gasteiger partial charge is 0.497 e. The number of pyridine rings is 2. The lowest BCUT2D eigenvalue weighted by atomic mass is 10.1. The van der Waals surface area contributed by atoms with E-state index in [0.717, 1.165) is 18.4 Å². The fourth-order valence-corrected chi connectivity index (χ4v) is 3.91. The maximum atomic E-state index is 13.3. The van der Waals surface area contributed by atoms with Crippen LogP contribution in [0.3, 0.4) is 0 Å².